The zero-order chi connectivity index (χ0) is 29.4. The zero-order valence-electron chi connectivity index (χ0n) is 23.1. The standard InChI is InChI=1S/C30H27N3O7S/c1-6-39-29(35)26-18(4)31-30-32(27(26)19-8-7-9-21(13-19)38-5)28(34)25(41-30)15-22-10-11-24(40-22)20-12-16(2)17(3)23(14-20)33(36)37/h7-15,27H,6H2,1-5H3/b25-15-. The summed E-state index contributed by atoms with van der Waals surface area (Å²) in [5, 5.41) is 11.5. The van der Waals surface area contributed by atoms with Gasteiger partial charge in [0.1, 0.15) is 17.3 Å². The molecule has 10 nitrogen and oxygen atoms in total. The predicted octanol–water partition coefficient (Wildman–Crippen LogP) is 4.59. The van der Waals surface area contributed by atoms with Crippen molar-refractivity contribution in [3.63, 3.8) is 0 Å². The molecule has 0 spiro atoms. The van der Waals surface area contributed by atoms with E-state index in [1.54, 1.807) is 64.3 Å². The summed E-state index contributed by atoms with van der Waals surface area (Å²) in [5.41, 5.74) is 2.99. The quantitative estimate of drug-likeness (QED) is 0.180. The maximum atomic E-state index is 13.8. The minimum atomic E-state index is -0.772. The number of ether oxygens (including phenoxy) is 2. The molecular weight excluding hydrogens is 546 g/mol. The van der Waals surface area contributed by atoms with Crippen molar-refractivity contribution in [3.8, 4) is 17.1 Å². The van der Waals surface area contributed by atoms with Gasteiger partial charge in [-0.1, -0.05) is 23.5 Å². The summed E-state index contributed by atoms with van der Waals surface area (Å²) in [7, 11) is 1.55. The number of esters is 1. The number of fused-ring (bicyclic) bond motifs is 1. The molecule has 0 saturated heterocycles. The highest BCUT2D eigenvalue weighted by Crippen LogP contribution is 2.33. The van der Waals surface area contributed by atoms with E-state index in [-0.39, 0.29) is 23.4 Å². The Balaban J connectivity index is 1.63. The van der Waals surface area contributed by atoms with Crippen molar-refractivity contribution < 1.29 is 23.6 Å². The lowest BCUT2D eigenvalue weighted by atomic mass is 9.95. The van der Waals surface area contributed by atoms with Gasteiger partial charge in [-0.05, 0) is 69.2 Å². The van der Waals surface area contributed by atoms with Gasteiger partial charge in [-0.2, -0.15) is 0 Å². The molecule has 0 fully saturated rings. The first kappa shape index (κ1) is 27.8. The van der Waals surface area contributed by atoms with Gasteiger partial charge in [0.15, 0.2) is 4.80 Å². The number of rotatable bonds is 7. The largest absolute Gasteiger partial charge is 0.497 e. The predicted molar refractivity (Wildman–Crippen MR) is 154 cm³/mol. The number of aromatic nitrogens is 1. The first-order chi connectivity index (χ1) is 19.6. The second-order valence-electron chi connectivity index (χ2n) is 9.48. The van der Waals surface area contributed by atoms with E-state index in [0.29, 0.717) is 49.0 Å². The number of thiazole rings is 1. The first-order valence-corrected chi connectivity index (χ1v) is 13.6. The molecular formula is C30H27N3O7S. The van der Waals surface area contributed by atoms with Crippen LogP contribution in [0.2, 0.25) is 0 Å². The molecule has 1 aliphatic rings. The van der Waals surface area contributed by atoms with E-state index in [2.05, 4.69) is 4.99 Å². The van der Waals surface area contributed by atoms with Crippen molar-refractivity contribution in [3.05, 3.63) is 112 Å². The number of nitro benzene ring substituents is 1. The normalized spacial score (nSPS) is 15.0. The molecule has 0 aliphatic carbocycles. The number of hydrogen-bond acceptors (Lipinski definition) is 9. The summed E-state index contributed by atoms with van der Waals surface area (Å²) in [4.78, 5) is 43.0. The van der Waals surface area contributed by atoms with Crippen molar-refractivity contribution in [2.45, 2.75) is 33.7 Å². The molecule has 210 valence electrons. The smallest absolute Gasteiger partial charge is 0.338 e. The summed E-state index contributed by atoms with van der Waals surface area (Å²) in [6.45, 7) is 7.13. The molecule has 1 aliphatic heterocycles. The first-order valence-electron chi connectivity index (χ1n) is 12.8. The Kier molecular flexibility index (Phi) is 7.46. The molecule has 4 aromatic rings. The maximum Gasteiger partial charge on any atom is 0.338 e. The number of aryl methyl sites for hydroxylation is 1. The molecule has 2 aromatic heterocycles. The maximum absolute atomic E-state index is 13.8. The Hall–Kier alpha value is -4.77. The number of nitrogens with zero attached hydrogens (tertiary/aromatic N) is 3. The summed E-state index contributed by atoms with van der Waals surface area (Å²) in [5.74, 6) is 0.863. The van der Waals surface area contributed by atoms with E-state index in [1.807, 2.05) is 19.1 Å². The Labute approximate surface area is 238 Å². The van der Waals surface area contributed by atoms with Crippen LogP contribution in [0.1, 0.15) is 42.3 Å². The SMILES string of the molecule is CCOC(=O)C1=C(C)N=c2s/c(=C\c3ccc(-c4cc(C)c(C)c([N+](=O)[O-])c4)o3)c(=O)n2C1c1cccc(OC)c1. The van der Waals surface area contributed by atoms with E-state index in [4.69, 9.17) is 13.9 Å². The Bertz CT molecular complexity index is 1910. The molecule has 11 heteroatoms. The van der Waals surface area contributed by atoms with Gasteiger partial charge in [0, 0.05) is 23.3 Å². The average Bonchev–Trinajstić information content (AvgIpc) is 3.53. The van der Waals surface area contributed by atoms with Crippen LogP contribution in [0.5, 0.6) is 5.75 Å². The molecule has 0 saturated carbocycles. The fraction of sp³-hybridized carbons (Fsp3) is 0.233. The third kappa shape index (κ3) is 5.11. The van der Waals surface area contributed by atoms with E-state index in [9.17, 15) is 19.7 Å². The fourth-order valence-corrected chi connectivity index (χ4v) is 5.83. The van der Waals surface area contributed by atoms with Crippen LogP contribution in [0.15, 0.2) is 74.0 Å². The highest BCUT2D eigenvalue weighted by molar-refractivity contribution is 7.07. The third-order valence-corrected chi connectivity index (χ3v) is 7.93. The van der Waals surface area contributed by atoms with Crippen molar-refractivity contribution in [2.75, 3.05) is 13.7 Å². The molecule has 0 N–H and O–H groups in total. The number of methoxy groups -OCH3 is 1. The third-order valence-electron chi connectivity index (χ3n) is 6.95. The van der Waals surface area contributed by atoms with Crippen LogP contribution >= 0.6 is 11.3 Å². The van der Waals surface area contributed by atoms with Crippen LogP contribution in [0.4, 0.5) is 5.69 Å². The lowest BCUT2D eigenvalue weighted by molar-refractivity contribution is -0.385. The van der Waals surface area contributed by atoms with E-state index < -0.39 is 16.9 Å². The molecule has 5 rings (SSSR count). The van der Waals surface area contributed by atoms with Gasteiger partial charge in [-0.3, -0.25) is 19.5 Å². The Morgan fingerprint density at radius 3 is 2.68 bits per heavy atom. The highest BCUT2D eigenvalue weighted by Gasteiger charge is 2.33. The molecule has 1 unspecified atom stereocenters. The van der Waals surface area contributed by atoms with Crippen LogP contribution in [0.25, 0.3) is 17.4 Å². The van der Waals surface area contributed by atoms with E-state index in [0.717, 1.165) is 5.56 Å². The molecule has 0 radical (unpaired) electrons. The van der Waals surface area contributed by atoms with Crippen molar-refractivity contribution in [2.24, 2.45) is 4.99 Å². The Morgan fingerprint density at radius 2 is 1.98 bits per heavy atom. The van der Waals surface area contributed by atoms with Gasteiger partial charge >= 0.3 is 5.97 Å². The van der Waals surface area contributed by atoms with Crippen molar-refractivity contribution >= 4 is 29.1 Å². The summed E-state index contributed by atoms with van der Waals surface area (Å²) in [6, 6.07) is 13.1. The van der Waals surface area contributed by atoms with Gasteiger partial charge in [0.2, 0.25) is 0 Å². The molecule has 1 atom stereocenters. The number of benzene rings is 2. The molecule has 41 heavy (non-hydrogen) atoms. The van der Waals surface area contributed by atoms with Gasteiger partial charge in [0.25, 0.3) is 11.2 Å². The van der Waals surface area contributed by atoms with Crippen LogP contribution in [-0.2, 0) is 9.53 Å². The van der Waals surface area contributed by atoms with Crippen LogP contribution in [-0.4, -0.2) is 29.2 Å². The highest BCUT2D eigenvalue weighted by atomic mass is 32.1. The number of furan rings is 1. The minimum absolute atomic E-state index is 0.0107. The lowest BCUT2D eigenvalue weighted by Crippen LogP contribution is -2.39. The molecule has 0 bridgehead atoms. The number of carbonyl (C=O) groups excluding carboxylic acids is 1. The summed E-state index contributed by atoms with van der Waals surface area (Å²) >= 11 is 1.17. The van der Waals surface area contributed by atoms with E-state index in [1.165, 1.54) is 22.0 Å². The number of allylic oxidation sites excluding steroid dienone is 1. The van der Waals surface area contributed by atoms with Gasteiger partial charge in [0.05, 0.1) is 40.5 Å². The van der Waals surface area contributed by atoms with Crippen molar-refractivity contribution in [1.82, 2.24) is 4.57 Å². The monoisotopic (exact) mass is 573 g/mol. The fourth-order valence-electron chi connectivity index (χ4n) is 4.81. The topological polar surface area (TPSA) is 126 Å². The van der Waals surface area contributed by atoms with Crippen LogP contribution in [0, 0.1) is 24.0 Å². The second-order valence-corrected chi connectivity index (χ2v) is 10.5. The van der Waals surface area contributed by atoms with Gasteiger partial charge < -0.3 is 13.9 Å². The lowest BCUT2D eigenvalue weighted by Gasteiger charge is -2.24. The van der Waals surface area contributed by atoms with Crippen molar-refractivity contribution in [1.29, 1.82) is 0 Å². The average molecular weight is 574 g/mol. The molecule has 3 heterocycles. The van der Waals surface area contributed by atoms with Crippen LogP contribution in [0.3, 0.4) is 0 Å². The second kappa shape index (κ2) is 11.0. The number of nitro groups is 1. The zero-order valence-corrected chi connectivity index (χ0v) is 23.9. The summed E-state index contributed by atoms with van der Waals surface area (Å²) < 4.78 is 18.6. The summed E-state index contributed by atoms with van der Waals surface area (Å²) in [6.07, 6.45) is 1.61. The molecule has 2 aromatic carbocycles. The van der Waals surface area contributed by atoms with E-state index >= 15 is 0 Å². The number of hydrogen-bond donors (Lipinski definition) is 0. The molecule has 0 amide bonds. The van der Waals surface area contributed by atoms with Gasteiger partial charge in [-0.15, -0.1) is 0 Å². The van der Waals surface area contributed by atoms with Crippen LogP contribution < -0.4 is 19.6 Å². The number of carbonyl (C=O) groups is 1. The Morgan fingerprint density at radius 1 is 1.20 bits per heavy atom. The minimum Gasteiger partial charge on any atom is -0.497 e. The van der Waals surface area contributed by atoms with Gasteiger partial charge in [-0.25, -0.2) is 9.79 Å².